The highest BCUT2D eigenvalue weighted by Gasteiger charge is 2.27. The van der Waals surface area contributed by atoms with Crippen molar-refractivity contribution in [1.82, 2.24) is 25.3 Å². The Morgan fingerprint density at radius 2 is 2.20 bits per heavy atom. The number of H-pyrrole nitrogens is 1. The van der Waals surface area contributed by atoms with Gasteiger partial charge in [0.15, 0.2) is 0 Å². The second kappa shape index (κ2) is 8.24. The molecule has 2 N–H and O–H groups in total. The van der Waals surface area contributed by atoms with Gasteiger partial charge in [-0.05, 0) is 30.9 Å². The van der Waals surface area contributed by atoms with Gasteiger partial charge < -0.3 is 10.1 Å². The van der Waals surface area contributed by atoms with E-state index in [0.717, 1.165) is 36.7 Å². The van der Waals surface area contributed by atoms with Crippen LogP contribution < -0.4 is 5.32 Å². The second-order valence-corrected chi connectivity index (χ2v) is 8.36. The molecule has 0 saturated heterocycles. The van der Waals surface area contributed by atoms with Gasteiger partial charge in [0.1, 0.15) is 5.69 Å². The van der Waals surface area contributed by atoms with E-state index in [-0.39, 0.29) is 5.91 Å². The molecule has 1 saturated carbocycles. The van der Waals surface area contributed by atoms with Crippen LogP contribution in [0.25, 0.3) is 11.3 Å². The molecule has 7 nitrogen and oxygen atoms in total. The van der Waals surface area contributed by atoms with Crippen LogP contribution in [0.3, 0.4) is 0 Å². The average Bonchev–Trinajstić information content (AvgIpc) is 3.32. The Morgan fingerprint density at radius 3 is 3.03 bits per heavy atom. The SMILES string of the molecule is O=C(NCCc1nn(CC2CC2)c2c1COCC2)c1cc(-c2ccccc2Cl)n[nH]1. The lowest BCUT2D eigenvalue weighted by Gasteiger charge is -2.15. The lowest BCUT2D eigenvalue weighted by Crippen LogP contribution is -2.26. The zero-order chi connectivity index (χ0) is 20.5. The molecule has 0 radical (unpaired) electrons. The second-order valence-electron chi connectivity index (χ2n) is 7.95. The molecule has 0 atom stereocenters. The van der Waals surface area contributed by atoms with Crippen molar-refractivity contribution < 1.29 is 9.53 Å². The number of benzene rings is 1. The van der Waals surface area contributed by atoms with Gasteiger partial charge in [0.2, 0.25) is 0 Å². The van der Waals surface area contributed by atoms with E-state index in [0.29, 0.717) is 36.0 Å². The number of hydrogen-bond donors (Lipinski definition) is 2. The van der Waals surface area contributed by atoms with Crippen molar-refractivity contribution in [1.29, 1.82) is 0 Å². The van der Waals surface area contributed by atoms with Crippen LogP contribution in [0, 0.1) is 5.92 Å². The number of halogens is 1. The van der Waals surface area contributed by atoms with E-state index in [2.05, 4.69) is 20.2 Å². The van der Waals surface area contributed by atoms with Crippen molar-refractivity contribution >= 4 is 17.5 Å². The van der Waals surface area contributed by atoms with Crippen LogP contribution in [0.4, 0.5) is 0 Å². The van der Waals surface area contributed by atoms with E-state index in [1.54, 1.807) is 12.1 Å². The summed E-state index contributed by atoms with van der Waals surface area (Å²) in [7, 11) is 0. The number of carbonyl (C=O) groups excluding carboxylic acids is 1. The van der Waals surface area contributed by atoms with E-state index >= 15 is 0 Å². The Hall–Kier alpha value is -2.64. The summed E-state index contributed by atoms with van der Waals surface area (Å²) in [6.07, 6.45) is 4.20. The minimum absolute atomic E-state index is 0.191. The van der Waals surface area contributed by atoms with Gasteiger partial charge in [0, 0.05) is 42.8 Å². The van der Waals surface area contributed by atoms with Gasteiger partial charge in [-0.2, -0.15) is 10.2 Å². The predicted octanol–water partition coefficient (Wildman–Crippen LogP) is 3.38. The first-order valence-corrected chi connectivity index (χ1v) is 10.8. The fourth-order valence-electron chi connectivity index (χ4n) is 3.91. The van der Waals surface area contributed by atoms with E-state index in [1.807, 2.05) is 18.2 Å². The van der Waals surface area contributed by atoms with Gasteiger partial charge in [-0.25, -0.2) is 0 Å². The van der Waals surface area contributed by atoms with E-state index < -0.39 is 0 Å². The first kappa shape index (κ1) is 19.3. The smallest absolute Gasteiger partial charge is 0.269 e. The number of aromatic nitrogens is 4. The molecule has 1 amide bonds. The lowest BCUT2D eigenvalue weighted by atomic mass is 10.1. The lowest BCUT2D eigenvalue weighted by molar-refractivity contribution is 0.0949. The molecule has 5 rings (SSSR count). The highest BCUT2D eigenvalue weighted by molar-refractivity contribution is 6.33. The van der Waals surface area contributed by atoms with Crippen molar-refractivity contribution in [2.45, 2.75) is 38.8 Å². The summed E-state index contributed by atoms with van der Waals surface area (Å²) in [5.74, 6) is 0.584. The van der Waals surface area contributed by atoms with Crippen LogP contribution >= 0.6 is 11.6 Å². The maximum atomic E-state index is 12.5. The standard InChI is InChI=1S/C22H24ClN5O2/c23-17-4-2-1-3-15(17)19-11-20(26-25-19)22(29)24-9-7-18-16-13-30-10-8-21(16)28(27-18)12-14-5-6-14/h1-4,11,14H,5-10,12-13H2,(H,24,29)(H,25,26). The molecule has 2 aromatic heterocycles. The molecule has 1 aromatic carbocycles. The summed E-state index contributed by atoms with van der Waals surface area (Å²) in [4.78, 5) is 12.5. The Bertz CT molecular complexity index is 1070. The fourth-order valence-corrected chi connectivity index (χ4v) is 4.14. The molecule has 1 aliphatic heterocycles. The number of hydrogen-bond acceptors (Lipinski definition) is 4. The van der Waals surface area contributed by atoms with Crippen LogP contribution in [-0.4, -0.2) is 39.0 Å². The largest absolute Gasteiger partial charge is 0.376 e. The number of fused-ring (bicyclic) bond motifs is 1. The van der Waals surface area contributed by atoms with Crippen LogP contribution in [0.1, 0.15) is 40.3 Å². The predicted molar refractivity (Wildman–Crippen MR) is 113 cm³/mol. The number of amides is 1. The fraction of sp³-hybridized carbons (Fsp3) is 0.409. The van der Waals surface area contributed by atoms with Gasteiger partial charge in [0.05, 0.1) is 29.6 Å². The maximum absolute atomic E-state index is 12.5. The first-order valence-electron chi connectivity index (χ1n) is 10.4. The van der Waals surface area contributed by atoms with E-state index in [9.17, 15) is 4.79 Å². The quantitative estimate of drug-likeness (QED) is 0.607. The highest BCUT2D eigenvalue weighted by Crippen LogP contribution is 2.32. The molecule has 1 aliphatic carbocycles. The molecule has 3 heterocycles. The molecule has 1 fully saturated rings. The van der Waals surface area contributed by atoms with Crippen molar-refractivity contribution in [2.75, 3.05) is 13.2 Å². The van der Waals surface area contributed by atoms with Gasteiger partial charge in [0.25, 0.3) is 5.91 Å². The molecule has 0 bridgehead atoms. The minimum atomic E-state index is -0.191. The average molecular weight is 426 g/mol. The first-order chi connectivity index (χ1) is 14.7. The monoisotopic (exact) mass is 425 g/mol. The highest BCUT2D eigenvalue weighted by atomic mass is 35.5. The number of ether oxygens (including phenoxy) is 1. The maximum Gasteiger partial charge on any atom is 0.269 e. The Morgan fingerprint density at radius 1 is 1.33 bits per heavy atom. The number of nitrogens with one attached hydrogen (secondary N) is 2. The van der Waals surface area contributed by atoms with Gasteiger partial charge in [-0.3, -0.25) is 14.6 Å². The molecular formula is C22H24ClN5O2. The molecule has 30 heavy (non-hydrogen) atoms. The molecule has 0 unspecified atom stereocenters. The van der Waals surface area contributed by atoms with Crippen LogP contribution in [0.5, 0.6) is 0 Å². The number of carbonyl (C=O) groups is 1. The van der Waals surface area contributed by atoms with Gasteiger partial charge in [-0.15, -0.1) is 0 Å². The summed E-state index contributed by atoms with van der Waals surface area (Å²) >= 11 is 6.22. The number of nitrogens with zero attached hydrogens (tertiary/aromatic N) is 3. The normalized spacial score (nSPS) is 15.8. The Balaban J connectivity index is 1.23. The summed E-state index contributed by atoms with van der Waals surface area (Å²) < 4.78 is 7.84. The van der Waals surface area contributed by atoms with Crippen molar-refractivity contribution in [2.24, 2.45) is 5.92 Å². The van der Waals surface area contributed by atoms with Gasteiger partial charge in [-0.1, -0.05) is 29.8 Å². The van der Waals surface area contributed by atoms with Gasteiger partial charge >= 0.3 is 0 Å². The van der Waals surface area contributed by atoms with Crippen molar-refractivity contribution in [3.05, 3.63) is 58.0 Å². The Kier molecular flexibility index (Phi) is 5.31. The molecule has 3 aromatic rings. The van der Waals surface area contributed by atoms with Crippen LogP contribution in [0.15, 0.2) is 30.3 Å². The summed E-state index contributed by atoms with van der Waals surface area (Å²) in [6.45, 7) is 2.89. The van der Waals surface area contributed by atoms with Crippen LogP contribution in [0.2, 0.25) is 5.02 Å². The third kappa shape index (κ3) is 4.00. The third-order valence-electron chi connectivity index (χ3n) is 5.73. The molecule has 156 valence electrons. The summed E-state index contributed by atoms with van der Waals surface area (Å²) in [6, 6.07) is 9.16. The number of aromatic amines is 1. The molecule has 2 aliphatic rings. The van der Waals surface area contributed by atoms with E-state index in [1.165, 1.54) is 24.1 Å². The minimum Gasteiger partial charge on any atom is -0.376 e. The zero-order valence-electron chi connectivity index (χ0n) is 16.7. The molecule has 0 spiro atoms. The number of rotatable bonds is 7. The van der Waals surface area contributed by atoms with Crippen molar-refractivity contribution in [3.63, 3.8) is 0 Å². The summed E-state index contributed by atoms with van der Waals surface area (Å²) in [5.41, 5.74) is 5.41. The molecular weight excluding hydrogens is 402 g/mol. The third-order valence-corrected chi connectivity index (χ3v) is 6.06. The molecule has 8 heteroatoms. The topological polar surface area (TPSA) is 84.8 Å². The van der Waals surface area contributed by atoms with Crippen LogP contribution in [-0.2, 0) is 30.7 Å². The van der Waals surface area contributed by atoms with Crippen molar-refractivity contribution in [3.8, 4) is 11.3 Å². The Labute approximate surface area is 179 Å². The summed E-state index contributed by atoms with van der Waals surface area (Å²) in [5, 5.41) is 15.4. The van der Waals surface area contributed by atoms with E-state index in [4.69, 9.17) is 21.4 Å². The zero-order valence-corrected chi connectivity index (χ0v) is 17.4.